The normalized spacial score (nSPS) is 16.3. The van der Waals surface area contributed by atoms with Crippen LogP contribution in [0.2, 0.25) is 5.02 Å². The Morgan fingerprint density at radius 2 is 1.71 bits per heavy atom. The van der Waals surface area contributed by atoms with Crippen molar-refractivity contribution in [2.75, 3.05) is 20.8 Å². The van der Waals surface area contributed by atoms with Crippen LogP contribution >= 0.6 is 11.6 Å². The summed E-state index contributed by atoms with van der Waals surface area (Å²) >= 11 is 6.03. The average Bonchev–Trinajstić information content (AvgIpc) is 2.88. The number of amides is 1. The fourth-order valence-corrected chi connectivity index (χ4v) is 4.99. The van der Waals surface area contributed by atoms with Gasteiger partial charge in [0.1, 0.15) is 0 Å². The van der Waals surface area contributed by atoms with Gasteiger partial charge in [-0.3, -0.25) is 9.69 Å². The van der Waals surface area contributed by atoms with Crippen molar-refractivity contribution in [2.45, 2.75) is 45.3 Å². The molecule has 2 unspecified atom stereocenters. The van der Waals surface area contributed by atoms with Crippen LogP contribution in [0, 0.1) is 6.92 Å². The molecule has 0 aromatic heterocycles. The van der Waals surface area contributed by atoms with Crippen LogP contribution < -0.4 is 14.8 Å². The molecule has 0 radical (unpaired) electrons. The molecule has 3 aromatic rings. The Labute approximate surface area is 213 Å². The van der Waals surface area contributed by atoms with Gasteiger partial charge in [-0.15, -0.1) is 0 Å². The smallest absolute Gasteiger partial charge is 0.251 e. The minimum atomic E-state index is -0.101. The van der Waals surface area contributed by atoms with Gasteiger partial charge in [0.2, 0.25) is 0 Å². The molecule has 0 saturated carbocycles. The van der Waals surface area contributed by atoms with Crippen molar-refractivity contribution in [3.63, 3.8) is 0 Å². The Balaban J connectivity index is 1.71. The summed E-state index contributed by atoms with van der Waals surface area (Å²) in [4.78, 5) is 15.7. The summed E-state index contributed by atoms with van der Waals surface area (Å²) in [6.07, 6.45) is 1.68. The summed E-state index contributed by atoms with van der Waals surface area (Å²) in [5.74, 6) is 1.33. The molecule has 0 bridgehead atoms. The minimum Gasteiger partial charge on any atom is -0.493 e. The standard InChI is InChI=1S/C29H33ClN2O3/c1-5-25(31-29(33)21-10-12-23(30)13-11-21)28-24-17-27(35-4)26(34-3)16-22(24)14-15-32(28)18-20-8-6-19(2)7-9-20/h6-13,16-17,25,28H,5,14-15,18H2,1-4H3,(H,31,33). The Morgan fingerprint density at radius 3 is 2.34 bits per heavy atom. The van der Waals surface area contributed by atoms with Gasteiger partial charge in [-0.05, 0) is 72.9 Å². The molecule has 4 rings (SSSR count). The molecule has 0 fully saturated rings. The van der Waals surface area contributed by atoms with Gasteiger partial charge in [-0.1, -0.05) is 48.4 Å². The molecule has 35 heavy (non-hydrogen) atoms. The molecule has 0 saturated heterocycles. The van der Waals surface area contributed by atoms with Crippen molar-refractivity contribution in [3.05, 3.63) is 93.5 Å². The van der Waals surface area contributed by atoms with Crippen molar-refractivity contribution in [3.8, 4) is 11.5 Å². The van der Waals surface area contributed by atoms with Gasteiger partial charge in [-0.25, -0.2) is 0 Å². The molecule has 5 nitrogen and oxygen atoms in total. The van der Waals surface area contributed by atoms with Crippen LogP contribution in [0.3, 0.4) is 0 Å². The number of hydrogen-bond acceptors (Lipinski definition) is 4. The van der Waals surface area contributed by atoms with Crippen LogP contribution in [0.15, 0.2) is 60.7 Å². The van der Waals surface area contributed by atoms with E-state index in [4.69, 9.17) is 21.1 Å². The third kappa shape index (κ3) is 5.63. The summed E-state index contributed by atoms with van der Waals surface area (Å²) in [6.45, 7) is 5.90. The number of aryl methyl sites for hydroxylation is 1. The minimum absolute atomic E-state index is 0.0129. The highest BCUT2D eigenvalue weighted by Gasteiger charge is 2.35. The molecule has 184 valence electrons. The van der Waals surface area contributed by atoms with Crippen LogP contribution in [0.1, 0.15) is 52.0 Å². The van der Waals surface area contributed by atoms with E-state index in [1.54, 1.807) is 38.5 Å². The Hall–Kier alpha value is -3.02. The van der Waals surface area contributed by atoms with E-state index in [0.717, 1.165) is 31.7 Å². The fourth-order valence-electron chi connectivity index (χ4n) is 4.86. The van der Waals surface area contributed by atoms with Gasteiger partial charge in [0.05, 0.1) is 20.3 Å². The highest BCUT2D eigenvalue weighted by molar-refractivity contribution is 6.30. The van der Waals surface area contributed by atoms with E-state index in [9.17, 15) is 4.79 Å². The molecule has 6 heteroatoms. The number of nitrogens with zero attached hydrogens (tertiary/aromatic N) is 1. The fraction of sp³-hybridized carbons (Fsp3) is 0.345. The number of carbonyl (C=O) groups excluding carboxylic acids is 1. The second kappa shape index (κ2) is 11.1. The molecule has 1 aliphatic heterocycles. The number of rotatable bonds is 8. The molecule has 1 heterocycles. The van der Waals surface area contributed by atoms with Gasteiger partial charge in [0.25, 0.3) is 5.91 Å². The number of nitrogens with one attached hydrogen (secondary N) is 1. The van der Waals surface area contributed by atoms with Gasteiger partial charge in [0.15, 0.2) is 11.5 Å². The number of ether oxygens (including phenoxy) is 2. The van der Waals surface area contributed by atoms with Crippen molar-refractivity contribution in [2.24, 2.45) is 0 Å². The van der Waals surface area contributed by atoms with Crippen LogP contribution in [0.4, 0.5) is 0 Å². The van der Waals surface area contributed by atoms with Crippen LogP contribution in [-0.2, 0) is 13.0 Å². The lowest BCUT2D eigenvalue weighted by Crippen LogP contribution is -2.48. The zero-order valence-electron chi connectivity index (χ0n) is 20.8. The lowest BCUT2D eigenvalue weighted by atomic mass is 9.86. The SMILES string of the molecule is CCC(NC(=O)c1ccc(Cl)cc1)C1c2cc(OC)c(OC)cc2CCN1Cc1ccc(C)cc1. The maximum atomic E-state index is 13.2. The lowest BCUT2D eigenvalue weighted by Gasteiger charge is -2.42. The largest absolute Gasteiger partial charge is 0.493 e. The highest BCUT2D eigenvalue weighted by atomic mass is 35.5. The Kier molecular flexibility index (Phi) is 7.99. The molecule has 2 atom stereocenters. The molecule has 1 N–H and O–H groups in total. The van der Waals surface area contributed by atoms with Crippen LogP contribution in [0.25, 0.3) is 0 Å². The summed E-state index contributed by atoms with van der Waals surface area (Å²) in [5.41, 5.74) is 5.49. The first-order valence-corrected chi connectivity index (χ1v) is 12.4. The molecule has 1 aliphatic rings. The first kappa shape index (κ1) is 25.1. The third-order valence-corrected chi connectivity index (χ3v) is 7.03. The van der Waals surface area contributed by atoms with E-state index >= 15 is 0 Å². The number of benzene rings is 3. The van der Waals surface area contributed by atoms with E-state index in [1.807, 2.05) is 0 Å². The van der Waals surface area contributed by atoms with Gasteiger partial charge in [-0.2, -0.15) is 0 Å². The van der Waals surface area contributed by atoms with Crippen molar-refractivity contribution >= 4 is 17.5 Å². The van der Waals surface area contributed by atoms with Crippen molar-refractivity contribution < 1.29 is 14.3 Å². The number of carbonyl (C=O) groups is 1. The Bertz CT molecular complexity index is 1160. The number of halogens is 1. The van der Waals surface area contributed by atoms with Gasteiger partial charge >= 0.3 is 0 Å². The molecular formula is C29H33ClN2O3. The molecular weight excluding hydrogens is 460 g/mol. The van der Waals surface area contributed by atoms with Crippen molar-refractivity contribution in [1.82, 2.24) is 10.2 Å². The molecule has 1 amide bonds. The van der Waals surface area contributed by atoms with Crippen LogP contribution in [-0.4, -0.2) is 37.6 Å². The predicted molar refractivity (Wildman–Crippen MR) is 141 cm³/mol. The van der Waals surface area contributed by atoms with E-state index in [1.165, 1.54) is 22.3 Å². The zero-order chi connectivity index (χ0) is 24.9. The maximum absolute atomic E-state index is 13.2. The second-order valence-corrected chi connectivity index (χ2v) is 9.49. The summed E-state index contributed by atoms with van der Waals surface area (Å²) in [5, 5.41) is 3.92. The number of methoxy groups -OCH3 is 2. The molecule has 0 spiro atoms. The third-order valence-electron chi connectivity index (χ3n) is 6.78. The quantitative estimate of drug-likeness (QED) is 0.420. The van der Waals surface area contributed by atoms with E-state index in [0.29, 0.717) is 16.3 Å². The van der Waals surface area contributed by atoms with Crippen LogP contribution in [0.5, 0.6) is 11.5 Å². The summed E-state index contributed by atoms with van der Waals surface area (Å²) in [6, 6.07) is 19.7. The highest BCUT2D eigenvalue weighted by Crippen LogP contribution is 2.40. The molecule has 3 aromatic carbocycles. The molecule has 0 aliphatic carbocycles. The van der Waals surface area contributed by atoms with Crippen molar-refractivity contribution in [1.29, 1.82) is 0 Å². The Morgan fingerprint density at radius 1 is 1.06 bits per heavy atom. The maximum Gasteiger partial charge on any atom is 0.251 e. The first-order valence-electron chi connectivity index (χ1n) is 12.0. The monoisotopic (exact) mass is 492 g/mol. The number of fused-ring (bicyclic) bond motifs is 1. The summed E-state index contributed by atoms with van der Waals surface area (Å²) in [7, 11) is 3.32. The van der Waals surface area contributed by atoms with Gasteiger partial charge in [0, 0.05) is 29.7 Å². The average molecular weight is 493 g/mol. The topological polar surface area (TPSA) is 50.8 Å². The predicted octanol–water partition coefficient (Wildman–Crippen LogP) is 5.97. The van der Waals surface area contributed by atoms with Gasteiger partial charge < -0.3 is 14.8 Å². The second-order valence-electron chi connectivity index (χ2n) is 9.05. The zero-order valence-corrected chi connectivity index (χ0v) is 21.6. The van der Waals surface area contributed by atoms with E-state index in [2.05, 4.69) is 60.5 Å². The number of hydrogen-bond donors (Lipinski definition) is 1. The van der Waals surface area contributed by atoms with E-state index < -0.39 is 0 Å². The lowest BCUT2D eigenvalue weighted by molar-refractivity contribution is 0.0859. The summed E-state index contributed by atoms with van der Waals surface area (Å²) < 4.78 is 11.2. The van der Waals surface area contributed by atoms with E-state index in [-0.39, 0.29) is 18.0 Å². The first-order chi connectivity index (χ1) is 16.9.